The molecule has 1 N–H and O–H groups in total. The third-order valence-corrected chi connectivity index (χ3v) is 6.46. The van der Waals surface area contributed by atoms with Gasteiger partial charge >= 0.3 is 0 Å². The summed E-state index contributed by atoms with van der Waals surface area (Å²) < 4.78 is 24.4. The molecule has 3 aromatic rings. The van der Waals surface area contributed by atoms with Gasteiger partial charge in [0.25, 0.3) is 5.91 Å². The van der Waals surface area contributed by atoms with Crippen LogP contribution >= 0.6 is 23.4 Å². The molecule has 3 heterocycles. The predicted molar refractivity (Wildman–Crippen MR) is 137 cm³/mol. The number of hydrazone groups is 1. The first-order valence-electron chi connectivity index (χ1n) is 10.6. The van der Waals surface area contributed by atoms with Crippen LogP contribution in [0.1, 0.15) is 16.7 Å². The molecule has 0 unspecified atom stereocenters. The van der Waals surface area contributed by atoms with E-state index >= 15 is 0 Å². The highest BCUT2D eigenvalue weighted by atomic mass is 35.5. The highest BCUT2D eigenvalue weighted by molar-refractivity contribution is 8.27. The van der Waals surface area contributed by atoms with E-state index in [1.54, 1.807) is 42.7 Å². The lowest BCUT2D eigenvalue weighted by atomic mass is 10.1. The number of nitrogens with one attached hydrogen (secondary N) is 1. The molecule has 2 aliphatic rings. The summed E-state index contributed by atoms with van der Waals surface area (Å²) in [5, 5.41) is 15.5. The summed E-state index contributed by atoms with van der Waals surface area (Å²) in [5.74, 6) is -0.365. The van der Waals surface area contributed by atoms with Gasteiger partial charge in [0.2, 0.25) is 5.17 Å². The van der Waals surface area contributed by atoms with Crippen molar-refractivity contribution in [1.82, 2.24) is 9.99 Å². The quantitative estimate of drug-likeness (QED) is 0.451. The molecule has 0 bridgehead atoms. The van der Waals surface area contributed by atoms with Crippen molar-refractivity contribution in [3.05, 3.63) is 94.0 Å². The number of ether oxygens (including phenoxy) is 2. The van der Waals surface area contributed by atoms with Gasteiger partial charge in [-0.15, -0.1) is 0 Å². The zero-order valence-corrected chi connectivity index (χ0v) is 20.3. The lowest BCUT2D eigenvalue weighted by molar-refractivity contribution is -0.114. The third kappa shape index (κ3) is 4.73. The Hall–Kier alpha value is -4.02. The Kier molecular flexibility index (Phi) is 6.53. The fourth-order valence-electron chi connectivity index (χ4n) is 3.46. The van der Waals surface area contributed by atoms with Gasteiger partial charge in [0.05, 0.1) is 17.7 Å². The van der Waals surface area contributed by atoms with Crippen molar-refractivity contribution in [2.45, 2.75) is 6.61 Å². The van der Waals surface area contributed by atoms with Crippen molar-refractivity contribution < 1.29 is 18.7 Å². The molecule has 2 aliphatic heterocycles. The van der Waals surface area contributed by atoms with E-state index in [1.807, 2.05) is 6.07 Å². The summed E-state index contributed by atoms with van der Waals surface area (Å²) in [5.41, 5.74) is 2.08. The number of aromatic nitrogens is 1. The summed E-state index contributed by atoms with van der Waals surface area (Å²) in [6, 6.07) is 12.8. The topological polar surface area (TPSA) is 100 Å². The van der Waals surface area contributed by atoms with E-state index < -0.39 is 5.91 Å². The van der Waals surface area contributed by atoms with E-state index in [0.717, 1.165) is 11.1 Å². The van der Waals surface area contributed by atoms with Crippen molar-refractivity contribution >= 4 is 51.4 Å². The van der Waals surface area contributed by atoms with Gasteiger partial charge in [0.1, 0.15) is 17.5 Å². The molecule has 0 fully saturated rings. The Balaban J connectivity index is 1.41. The van der Waals surface area contributed by atoms with Crippen LogP contribution in [0.25, 0.3) is 6.08 Å². The van der Waals surface area contributed by atoms with Crippen molar-refractivity contribution in [3.8, 4) is 11.5 Å². The number of hydrogen-bond acceptors (Lipinski definition) is 7. The number of rotatable bonds is 6. The average molecular weight is 522 g/mol. The van der Waals surface area contributed by atoms with Crippen LogP contribution in [-0.2, 0) is 11.4 Å². The summed E-state index contributed by atoms with van der Waals surface area (Å²) >= 11 is 7.67. The van der Waals surface area contributed by atoms with E-state index in [9.17, 15) is 9.18 Å². The van der Waals surface area contributed by atoms with Crippen molar-refractivity contribution in [2.24, 2.45) is 10.1 Å². The van der Waals surface area contributed by atoms with Crippen LogP contribution in [0.15, 0.2) is 76.6 Å². The molecule has 1 amide bonds. The molecular formula is C25H17ClFN5O3S. The minimum atomic E-state index is -0.562. The summed E-state index contributed by atoms with van der Waals surface area (Å²) in [7, 11) is 1.47. The fourth-order valence-corrected chi connectivity index (χ4v) is 4.62. The van der Waals surface area contributed by atoms with E-state index in [-0.39, 0.29) is 28.9 Å². The number of aliphatic imine (C=N–C) groups is 1. The predicted octanol–water partition coefficient (Wildman–Crippen LogP) is 5.13. The highest BCUT2D eigenvalue weighted by Crippen LogP contribution is 2.38. The lowest BCUT2D eigenvalue weighted by Gasteiger charge is -2.20. The monoisotopic (exact) mass is 521 g/mol. The lowest BCUT2D eigenvalue weighted by Crippen LogP contribution is -2.35. The molecule has 11 heteroatoms. The minimum absolute atomic E-state index is 0.0497. The highest BCUT2D eigenvalue weighted by Gasteiger charge is 2.36. The normalized spacial score (nSPS) is 16.1. The maximum Gasteiger partial charge on any atom is 0.283 e. The molecule has 5 rings (SSSR count). The Morgan fingerprint density at radius 3 is 2.75 bits per heavy atom. The smallest absolute Gasteiger partial charge is 0.283 e. The van der Waals surface area contributed by atoms with Gasteiger partial charge in [-0.25, -0.2) is 4.39 Å². The summed E-state index contributed by atoms with van der Waals surface area (Å²) in [6.07, 6.45) is 4.81. The van der Waals surface area contributed by atoms with Crippen LogP contribution in [0.2, 0.25) is 5.02 Å². The summed E-state index contributed by atoms with van der Waals surface area (Å²) in [6.45, 7) is 0.154. The zero-order valence-electron chi connectivity index (χ0n) is 18.7. The van der Waals surface area contributed by atoms with E-state index in [2.05, 4.69) is 15.1 Å². The maximum absolute atomic E-state index is 13.1. The van der Waals surface area contributed by atoms with Crippen LogP contribution in [-0.4, -0.2) is 39.1 Å². The van der Waals surface area contributed by atoms with Crippen LogP contribution in [0.5, 0.6) is 11.5 Å². The van der Waals surface area contributed by atoms with Crippen LogP contribution in [0.4, 0.5) is 4.39 Å². The fraction of sp³-hybridized carbons (Fsp3) is 0.0800. The number of carbonyl (C=O) groups excluding carboxylic acids is 1. The van der Waals surface area contributed by atoms with Gasteiger partial charge < -0.3 is 9.47 Å². The molecule has 0 aliphatic carbocycles. The number of thioether (sulfide) groups is 1. The van der Waals surface area contributed by atoms with Crippen LogP contribution in [0, 0.1) is 11.2 Å². The number of fused-ring (bicyclic) bond motifs is 1. The molecule has 0 radical (unpaired) electrons. The number of halogens is 2. The first-order valence-corrected chi connectivity index (χ1v) is 11.8. The zero-order chi connectivity index (χ0) is 25.2. The Bertz CT molecular complexity index is 1460. The van der Waals surface area contributed by atoms with Gasteiger partial charge in [-0.1, -0.05) is 23.7 Å². The molecule has 0 saturated heterocycles. The Morgan fingerprint density at radius 1 is 1.22 bits per heavy atom. The minimum Gasteiger partial charge on any atom is -0.493 e. The largest absolute Gasteiger partial charge is 0.493 e. The molecule has 8 nitrogen and oxygen atoms in total. The number of benzene rings is 2. The van der Waals surface area contributed by atoms with Crippen LogP contribution < -0.4 is 9.47 Å². The summed E-state index contributed by atoms with van der Waals surface area (Å²) in [4.78, 5) is 21.0. The number of amides is 1. The van der Waals surface area contributed by atoms with E-state index in [0.29, 0.717) is 27.3 Å². The maximum atomic E-state index is 13.1. The molecule has 0 atom stereocenters. The molecule has 180 valence electrons. The molecule has 1 aromatic heterocycles. The SMILES string of the molecule is COc1cc(C=C2C(=N)N3N=C(c4cccnc4)SC3=NC2=O)cc(Cl)c1OCc1ccc(F)cc1. The van der Waals surface area contributed by atoms with Gasteiger partial charge in [-0.2, -0.15) is 15.1 Å². The second-order valence-corrected chi connectivity index (χ2v) is 8.98. The first-order chi connectivity index (χ1) is 17.4. The molecule has 36 heavy (non-hydrogen) atoms. The average Bonchev–Trinajstić information content (AvgIpc) is 3.31. The second kappa shape index (κ2) is 9.92. The molecular weight excluding hydrogens is 505 g/mol. The third-order valence-electron chi connectivity index (χ3n) is 5.22. The number of pyridine rings is 1. The van der Waals surface area contributed by atoms with E-state index in [4.69, 9.17) is 26.5 Å². The van der Waals surface area contributed by atoms with Gasteiger partial charge in [-0.05, 0) is 65.4 Å². The number of amidine groups is 2. The molecule has 2 aromatic carbocycles. The first kappa shape index (κ1) is 23.7. The number of nitrogens with zero attached hydrogens (tertiary/aromatic N) is 4. The second-order valence-electron chi connectivity index (χ2n) is 7.62. The van der Waals surface area contributed by atoms with Crippen molar-refractivity contribution in [2.75, 3.05) is 7.11 Å². The Labute approximate surface area is 214 Å². The van der Waals surface area contributed by atoms with E-state index in [1.165, 1.54) is 42.1 Å². The van der Waals surface area contributed by atoms with Crippen molar-refractivity contribution in [3.63, 3.8) is 0 Å². The number of carbonyl (C=O) groups is 1. The number of methoxy groups -OCH3 is 1. The number of hydrogen-bond donors (Lipinski definition) is 1. The van der Waals surface area contributed by atoms with Gasteiger partial charge in [-0.3, -0.25) is 15.2 Å². The Morgan fingerprint density at radius 2 is 2.03 bits per heavy atom. The van der Waals surface area contributed by atoms with Gasteiger partial charge in [0, 0.05) is 18.0 Å². The van der Waals surface area contributed by atoms with Crippen molar-refractivity contribution in [1.29, 1.82) is 5.41 Å². The standard InChI is InChI=1S/C25H17ClFN5O3S/c1-34-20-11-15(10-19(26)21(20)35-13-14-4-6-17(27)7-5-14)9-18-22(28)32-25(30-23(18)33)36-24(31-32)16-3-2-8-29-12-16/h2-12,28H,13H2,1H3. The molecule has 0 spiro atoms. The van der Waals surface area contributed by atoms with Crippen LogP contribution in [0.3, 0.4) is 0 Å². The molecule has 0 saturated carbocycles. The van der Waals surface area contributed by atoms with Gasteiger partial charge in [0.15, 0.2) is 17.3 Å².